The number of carbonyl (C=O) groups excluding carboxylic acids is 1. The van der Waals surface area contributed by atoms with E-state index >= 15 is 0 Å². The molecule has 4 nitrogen and oxygen atoms in total. The summed E-state index contributed by atoms with van der Waals surface area (Å²) in [5, 5.41) is 2.71. The fraction of sp³-hybridized carbons (Fsp3) is 0.562. The Balaban J connectivity index is 1.65. The van der Waals surface area contributed by atoms with E-state index in [0.717, 1.165) is 38.2 Å². The lowest BCUT2D eigenvalue weighted by Crippen LogP contribution is -2.32. The van der Waals surface area contributed by atoms with Crippen molar-refractivity contribution in [3.8, 4) is 5.75 Å². The molecule has 0 bridgehead atoms. The highest BCUT2D eigenvalue weighted by molar-refractivity contribution is 5.77. The Bertz CT molecular complexity index is 514. The quantitative estimate of drug-likeness (QED) is 0.782. The Hall–Kier alpha value is -1.76. The second-order valence-electron chi connectivity index (χ2n) is 5.57. The summed E-state index contributed by atoms with van der Waals surface area (Å²) in [6.45, 7) is 3.44. The molecule has 0 aromatic heterocycles. The molecule has 1 aliphatic heterocycles. The summed E-state index contributed by atoms with van der Waals surface area (Å²) >= 11 is 0. The number of nitrogens with zero attached hydrogens (tertiary/aromatic N) is 1. The van der Waals surface area contributed by atoms with E-state index in [4.69, 9.17) is 4.74 Å². The van der Waals surface area contributed by atoms with Crippen LogP contribution in [0.3, 0.4) is 0 Å². The number of ether oxygens (including phenoxy) is 1. The molecule has 1 fully saturated rings. The molecule has 2 rings (SSSR count). The molecule has 0 unspecified atom stereocenters. The Morgan fingerprint density at radius 1 is 1.26 bits per heavy atom. The predicted octanol–water partition coefficient (Wildman–Crippen LogP) is 2.69. The van der Waals surface area contributed by atoms with Crippen LogP contribution in [0.5, 0.6) is 5.75 Å². The topological polar surface area (TPSA) is 41.6 Å². The van der Waals surface area contributed by atoms with Gasteiger partial charge >= 0.3 is 6.18 Å². The molecule has 0 atom stereocenters. The van der Waals surface area contributed by atoms with Crippen molar-refractivity contribution in [1.82, 2.24) is 10.2 Å². The van der Waals surface area contributed by atoms with Crippen LogP contribution in [0.25, 0.3) is 0 Å². The molecule has 0 radical (unpaired) electrons. The highest BCUT2D eigenvalue weighted by Crippen LogP contribution is 2.31. The Labute approximate surface area is 133 Å². The van der Waals surface area contributed by atoms with Crippen molar-refractivity contribution in [3.63, 3.8) is 0 Å². The highest BCUT2D eigenvalue weighted by atomic mass is 19.4. The number of halogens is 3. The SMILES string of the molecule is O=C(COc1cccc(C(F)(F)F)c1)NCCCN1CCCC1. The summed E-state index contributed by atoms with van der Waals surface area (Å²) in [7, 11) is 0. The van der Waals surface area contributed by atoms with Gasteiger partial charge in [0.05, 0.1) is 5.56 Å². The van der Waals surface area contributed by atoms with E-state index in [1.165, 1.54) is 25.0 Å². The van der Waals surface area contributed by atoms with Crippen LogP contribution in [0.2, 0.25) is 0 Å². The zero-order valence-electron chi connectivity index (χ0n) is 12.9. The molecule has 0 aliphatic carbocycles. The molecule has 1 N–H and O–H groups in total. The number of carbonyl (C=O) groups is 1. The lowest BCUT2D eigenvalue weighted by Gasteiger charge is -2.14. The highest BCUT2D eigenvalue weighted by Gasteiger charge is 2.30. The minimum Gasteiger partial charge on any atom is -0.484 e. The van der Waals surface area contributed by atoms with Crippen molar-refractivity contribution in [1.29, 1.82) is 0 Å². The molecule has 0 spiro atoms. The van der Waals surface area contributed by atoms with E-state index in [0.29, 0.717) is 6.54 Å². The Kier molecular flexibility index (Phi) is 6.27. The standard InChI is InChI=1S/C16H21F3N2O2/c17-16(18,19)13-5-3-6-14(11-13)23-12-15(22)20-7-4-10-21-8-1-2-9-21/h3,5-6,11H,1-2,4,7-10,12H2,(H,20,22). The van der Waals surface area contributed by atoms with Crippen LogP contribution in [0.1, 0.15) is 24.8 Å². The molecule has 23 heavy (non-hydrogen) atoms. The summed E-state index contributed by atoms with van der Waals surface area (Å²) in [5.74, 6) is -0.295. The van der Waals surface area contributed by atoms with Gasteiger partial charge in [0.1, 0.15) is 5.75 Å². The molecule has 128 valence electrons. The van der Waals surface area contributed by atoms with Crippen molar-refractivity contribution >= 4 is 5.91 Å². The van der Waals surface area contributed by atoms with Gasteiger partial charge in [-0.2, -0.15) is 13.2 Å². The number of hydrogen-bond donors (Lipinski definition) is 1. The summed E-state index contributed by atoms with van der Waals surface area (Å²) in [5.41, 5.74) is -0.791. The summed E-state index contributed by atoms with van der Waals surface area (Å²) in [6, 6.07) is 4.51. The Morgan fingerprint density at radius 3 is 2.70 bits per heavy atom. The maximum absolute atomic E-state index is 12.6. The van der Waals surface area contributed by atoms with E-state index in [1.54, 1.807) is 0 Å². The lowest BCUT2D eigenvalue weighted by molar-refractivity contribution is -0.137. The van der Waals surface area contributed by atoms with Crippen LogP contribution in [0.15, 0.2) is 24.3 Å². The van der Waals surface area contributed by atoms with Crippen molar-refractivity contribution in [3.05, 3.63) is 29.8 Å². The van der Waals surface area contributed by atoms with E-state index in [9.17, 15) is 18.0 Å². The average molecular weight is 330 g/mol. The molecule has 1 saturated heterocycles. The van der Waals surface area contributed by atoms with Crippen LogP contribution in [0.4, 0.5) is 13.2 Å². The van der Waals surface area contributed by atoms with Gasteiger partial charge in [0, 0.05) is 6.54 Å². The van der Waals surface area contributed by atoms with Gasteiger partial charge in [-0.25, -0.2) is 0 Å². The molecule has 1 amide bonds. The van der Waals surface area contributed by atoms with E-state index in [2.05, 4.69) is 10.2 Å². The number of likely N-dealkylation sites (tertiary alicyclic amines) is 1. The van der Waals surface area contributed by atoms with Crippen LogP contribution in [-0.2, 0) is 11.0 Å². The number of rotatable bonds is 7. The number of amides is 1. The van der Waals surface area contributed by atoms with Crippen LogP contribution in [0, 0.1) is 0 Å². The summed E-state index contributed by atoms with van der Waals surface area (Å²) in [4.78, 5) is 14.0. The second-order valence-corrected chi connectivity index (χ2v) is 5.57. The van der Waals surface area contributed by atoms with Gasteiger partial charge in [0.2, 0.25) is 0 Å². The third kappa shape index (κ3) is 6.09. The summed E-state index contributed by atoms with van der Waals surface area (Å²) < 4.78 is 42.8. The van der Waals surface area contributed by atoms with Crippen LogP contribution < -0.4 is 10.1 Å². The first-order chi connectivity index (χ1) is 10.9. The van der Waals surface area contributed by atoms with Gasteiger partial charge < -0.3 is 15.0 Å². The van der Waals surface area contributed by atoms with Crippen molar-refractivity contribution in [2.45, 2.75) is 25.4 Å². The fourth-order valence-corrected chi connectivity index (χ4v) is 2.50. The Morgan fingerprint density at radius 2 is 2.00 bits per heavy atom. The van der Waals surface area contributed by atoms with Crippen LogP contribution in [-0.4, -0.2) is 43.6 Å². The number of alkyl halides is 3. The van der Waals surface area contributed by atoms with E-state index < -0.39 is 11.7 Å². The van der Waals surface area contributed by atoms with Gasteiger partial charge in [-0.1, -0.05) is 6.07 Å². The maximum atomic E-state index is 12.6. The van der Waals surface area contributed by atoms with Gasteiger partial charge in [0.25, 0.3) is 5.91 Å². The molecule has 1 aromatic rings. The van der Waals surface area contributed by atoms with Crippen LogP contribution >= 0.6 is 0 Å². The van der Waals surface area contributed by atoms with Crippen molar-refractivity contribution < 1.29 is 22.7 Å². The molecule has 1 aromatic carbocycles. The van der Waals surface area contributed by atoms with Crippen molar-refractivity contribution in [2.75, 3.05) is 32.8 Å². The van der Waals surface area contributed by atoms with Gasteiger partial charge in [-0.3, -0.25) is 4.79 Å². The zero-order chi connectivity index (χ0) is 16.7. The summed E-state index contributed by atoms with van der Waals surface area (Å²) in [6.07, 6.45) is -1.10. The molecule has 7 heteroatoms. The third-order valence-corrected chi connectivity index (χ3v) is 3.70. The van der Waals surface area contributed by atoms with E-state index in [1.807, 2.05) is 0 Å². The third-order valence-electron chi connectivity index (χ3n) is 3.70. The minimum absolute atomic E-state index is 0.0343. The first-order valence-electron chi connectivity index (χ1n) is 7.74. The zero-order valence-corrected chi connectivity index (χ0v) is 12.9. The molecular formula is C16H21F3N2O2. The molecular weight excluding hydrogens is 309 g/mol. The van der Waals surface area contributed by atoms with Gasteiger partial charge in [-0.15, -0.1) is 0 Å². The first kappa shape index (κ1) is 17.6. The number of nitrogens with one attached hydrogen (secondary N) is 1. The average Bonchev–Trinajstić information content (AvgIpc) is 3.02. The molecule has 1 aliphatic rings. The van der Waals surface area contributed by atoms with Gasteiger partial charge in [-0.05, 0) is 57.1 Å². The monoisotopic (exact) mass is 330 g/mol. The van der Waals surface area contributed by atoms with Gasteiger partial charge in [0.15, 0.2) is 6.61 Å². The molecule has 0 saturated carbocycles. The normalized spacial score (nSPS) is 15.6. The fourth-order valence-electron chi connectivity index (χ4n) is 2.50. The lowest BCUT2D eigenvalue weighted by atomic mass is 10.2. The van der Waals surface area contributed by atoms with E-state index in [-0.39, 0.29) is 18.3 Å². The second kappa shape index (κ2) is 8.19. The smallest absolute Gasteiger partial charge is 0.416 e. The maximum Gasteiger partial charge on any atom is 0.416 e. The first-order valence-corrected chi connectivity index (χ1v) is 7.74. The van der Waals surface area contributed by atoms with Crippen molar-refractivity contribution in [2.24, 2.45) is 0 Å². The number of hydrogen-bond acceptors (Lipinski definition) is 3. The molecule has 1 heterocycles. The number of benzene rings is 1. The predicted molar refractivity (Wildman–Crippen MR) is 80.2 cm³/mol. The largest absolute Gasteiger partial charge is 0.484 e. The minimum atomic E-state index is -4.42.